The Bertz CT molecular complexity index is 1050. The third-order valence-electron chi connectivity index (χ3n) is 5.45. The van der Waals surface area contributed by atoms with Crippen molar-refractivity contribution in [1.82, 2.24) is 4.90 Å². The fourth-order valence-electron chi connectivity index (χ4n) is 3.69. The Hall–Kier alpha value is -3.32. The highest BCUT2D eigenvalue weighted by Crippen LogP contribution is 2.29. The maximum atomic E-state index is 13.1. The van der Waals surface area contributed by atoms with Crippen LogP contribution >= 0.6 is 11.9 Å². The molecule has 1 heterocycles. The molecule has 0 bridgehead atoms. The van der Waals surface area contributed by atoms with Gasteiger partial charge in [-0.25, -0.2) is 0 Å². The molecule has 1 aliphatic heterocycles. The molecule has 166 valence electrons. The fraction of sp³-hybridized carbons (Fsp3) is 0.240. The summed E-state index contributed by atoms with van der Waals surface area (Å²) < 4.78 is 14.0. The van der Waals surface area contributed by atoms with E-state index in [0.717, 1.165) is 40.9 Å². The second-order valence-corrected chi connectivity index (χ2v) is 8.29. The number of nitrogens with one attached hydrogen (secondary N) is 1. The van der Waals surface area contributed by atoms with Crippen LogP contribution in [0.25, 0.3) is 0 Å². The first-order valence-electron chi connectivity index (χ1n) is 10.5. The summed E-state index contributed by atoms with van der Waals surface area (Å²) in [4.78, 5) is 18.3. The second-order valence-electron chi connectivity index (χ2n) is 7.41. The molecule has 3 aromatic rings. The van der Waals surface area contributed by atoms with Gasteiger partial charge in [0, 0.05) is 42.3 Å². The number of piperazine rings is 1. The molecule has 0 aliphatic carbocycles. The van der Waals surface area contributed by atoms with Gasteiger partial charge >= 0.3 is 0 Å². The quantitative estimate of drug-likeness (QED) is 0.524. The van der Waals surface area contributed by atoms with E-state index < -0.39 is 0 Å². The SMILES string of the molecule is COc1ccc(NSc2cccc(C(=O)N3CCN(c4ccccc4OC)CC3)c2)cc1. The first-order valence-corrected chi connectivity index (χ1v) is 11.3. The van der Waals surface area contributed by atoms with Gasteiger partial charge in [-0.3, -0.25) is 4.79 Å². The summed E-state index contributed by atoms with van der Waals surface area (Å²) in [7, 11) is 3.34. The average molecular weight is 450 g/mol. The minimum atomic E-state index is 0.0663. The summed E-state index contributed by atoms with van der Waals surface area (Å²) in [6.07, 6.45) is 0. The number of anilines is 2. The normalized spacial score (nSPS) is 13.6. The highest BCUT2D eigenvalue weighted by molar-refractivity contribution is 8.00. The molecule has 4 rings (SSSR count). The van der Waals surface area contributed by atoms with E-state index >= 15 is 0 Å². The Morgan fingerprint density at radius 1 is 0.875 bits per heavy atom. The van der Waals surface area contributed by atoms with Gasteiger partial charge in [-0.05, 0) is 66.5 Å². The van der Waals surface area contributed by atoms with Gasteiger partial charge in [-0.15, -0.1) is 0 Å². The number of para-hydroxylation sites is 2. The van der Waals surface area contributed by atoms with E-state index in [2.05, 4.69) is 15.7 Å². The Morgan fingerprint density at radius 3 is 2.34 bits per heavy atom. The summed E-state index contributed by atoms with van der Waals surface area (Å²) in [6.45, 7) is 2.91. The third-order valence-corrected chi connectivity index (χ3v) is 6.28. The molecule has 7 heteroatoms. The summed E-state index contributed by atoms with van der Waals surface area (Å²) >= 11 is 1.48. The number of hydrogen-bond donors (Lipinski definition) is 1. The molecular weight excluding hydrogens is 422 g/mol. The topological polar surface area (TPSA) is 54.0 Å². The van der Waals surface area contributed by atoms with Crippen molar-refractivity contribution >= 4 is 29.2 Å². The number of nitrogens with zero attached hydrogens (tertiary/aromatic N) is 2. The van der Waals surface area contributed by atoms with Crippen molar-refractivity contribution in [2.24, 2.45) is 0 Å². The van der Waals surface area contributed by atoms with Crippen LogP contribution in [0.15, 0.2) is 77.7 Å². The highest BCUT2D eigenvalue weighted by Gasteiger charge is 2.23. The Balaban J connectivity index is 1.35. The second kappa shape index (κ2) is 10.3. The fourth-order valence-corrected chi connectivity index (χ4v) is 4.40. The van der Waals surface area contributed by atoms with Gasteiger partial charge in [0.15, 0.2) is 0 Å². The van der Waals surface area contributed by atoms with Crippen molar-refractivity contribution < 1.29 is 14.3 Å². The van der Waals surface area contributed by atoms with Gasteiger partial charge < -0.3 is 24.0 Å². The maximum absolute atomic E-state index is 13.1. The molecule has 6 nitrogen and oxygen atoms in total. The number of amides is 1. The van der Waals surface area contributed by atoms with Gasteiger partial charge in [0.1, 0.15) is 11.5 Å². The number of benzene rings is 3. The molecule has 0 atom stereocenters. The molecule has 0 saturated carbocycles. The zero-order valence-corrected chi connectivity index (χ0v) is 19.1. The molecule has 0 spiro atoms. The van der Waals surface area contributed by atoms with Crippen LogP contribution < -0.4 is 19.1 Å². The molecule has 1 saturated heterocycles. The molecule has 1 amide bonds. The molecule has 3 aromatic carbocycles. The van der Waals surface area contributed by atoms with Gasteiger partial charge in [0.05, 0.1) is 19.9 Å². The van der Waals surface area contributed by atoms with Gasteiger partial charge in [-0.2, -0.15) is 0 Å². The van der Waals surface area contributed by atoms with Crippen LogP contribution in [-0.4, -0.2) is 51.2 Å². The minimum Gasteiger partial charge on any atom is -0.497 e. The summed E-state index contributed by atoms with van der Waals surface area (Å²) in [5.74, 6) is 1.75. The summed E-state index contributed by atoms with van der Waals surface area (Å²) in [5.41, 5.74) is 2.75. The van der Waals surface area contributed by atoms with Crippen molar-refractivity contribution in [3.63, 3.8) is 0 Å². The molecular formula is C25H27N3O3S. The van der Waals surface area contributed by atoms with E-state index in [1.807, 2.05) is 71.6 Å². The van der Waals surface area contributed by atoms with Crippen LogP contribution in [0, 0.1) is 0 Å². The monoisotopic (exact) mass is 449 g/mol. The lowest BCUT2D eigenvalue weighted by Crippen LogP contribution is -2.48. The highest BCUT2D eigenvalue weighted by atomic mass is 32.2. The summed E-state index contributed by atoms with van der Waals surface area (Å²) in [6, 6.07) is 23.5. The standard InChI is InChI=1S/C25H27N3O3S/c1-30-21-12-10-20(11-13-21)26-32-22-7-5-6-19(18-22)25(29)28-16-14-27(15-17-28)23-8-3-4-9-24(23)31-2/h3-13,18,26H,14-17H2,1-2H3. The number of carbonyl (C=O) groups excluding carboxylic acids is 1. The van der Waals surface area contributed by atoms with E-state index in [9.17, 15) is 4.79 Å². The molecule has 0 aromatic heterocycles. The van der Waals surface area contributed by atoms with Gasteiger partial charge in [-0.1, -0.05) is 18.2 Å². The number of ether oxygens (including phenoxy) is 2. The van der Waals surface area contributed by atoms with Crippen LogP contribution in [0.5, 0.6) is 11.5 Å². The lowest BCUT2D eigenvalue weighted by atomic mass is 10.1. The van der Waals surface area contributed by atoms with Crippen LogP contribution in [0.1, 0.15) is 10.4 Å². The zero-order chi connectivity index (χ0) is 22.3. The molecule has 0 radical (unpaired) electrons. The third kappa shape index (κ3) is 5.11. The lowest BCUT2D eigenvalue weighted by Gasteiger charge is -2.36. The van der Waals surface area contributed by atoms with Crippen molar-refractivity contribution in [2.75, 3.05) is 50.0 Å². The average Bonchev–Trinajstić information content (AvgIpc) is 2.87. The Morgan fingerprint density at radius 2 is 1.62 bits per heavy atom. The molecule has 32 heavy (non-hydrogen) atoms. The van der Waals surface area contributed by atoms with E-state index in [1.54, 1.807) is 14.2 Å². The van der Waals surface area contributed by atoms with Crippen molar-refractivity contribution in [2.45, 2.75) is 4.90 Å². The van der Waals surface area contributed by atoms with E-state index in [1.165, 1.54) is 11.9 Å². The van der Waals surface area contributed by atoms with Crippen LogP contribution in [0.4, 0.5) is 11.4 Å². The zero-order valence-electron chi connectivity index (χ0n) is 18.3. The number of methoxy groups -OCH3 is 2. The van der Waals surface area contributed by atoms with Gasteiger partial charge in [0.25, 0.3) is 5.91 Å². The van der Waals surface area contributed by atoms with Crippen LogP contribution in [0.2, 0.25) is 0 Å². The first-order chi connectivity index (χ1) is 15.7. The molecule has 0 unspecified atom stereocenters. The van der Waals surface area contributed by atoms with Crippen molar-refractivity contribution in [1.29, 1.82) is 0 Å². The van der Waals surface area contributed by atoms with E-state index in [-0.39, 0.29) is 5.91 Å². The molecule has 1 aliphatic rings. The van der Waals surface area contributed by atoms with Gasteiger partial charge in [0.2, 0.25) is 0 Å². The largest absolute Gasteiger partial charge is 0.497 e. The predicted molar refractivity (Wildman–Crippen MR) is 130 cm³/mol. The van der Waals surface area contributed by atoms with E-state index in [0.29, 0.717) is 18.7 Å². The summed E-state index contributed by atoms with van der Waals surface area (Å²) in [5, 5.41) is 0. The number of hydrogen-bond acceptors (Lipinski definition) is 6. The molecule has 1 fully saturated rings. The lowest BCUT2D eigenvalue weighted by molar-refractivity contribution is 0.0746. The maximum Gasteiger partial charge on any atom is 0.254 e. The first kappa shape index (κ1) is 21.9. The Labute approximate surface area is 193 Å². The number of rotatable bonds is 7. The minimum absolute atomic E-state index is 0.0663. The van der Waals surface area contributed by atoms with Crippen molar-refractivity contribution in [3.8, 4) is 11.5 Å². The van der Waals surface area contributed by atoms with Crippen LogP contribution in [0.3, 0.4) is 0 Å². The predicted octanol–water partition coefficient (Wildman–Crippen LogP) is 4.79. The van der Waals surface area contributed by atoms with Crippen molar-refractivity contribution in [3.05, 3.63) is 78.4 Å². The number of carbonyl (C=O) groups is 1. The van der Waals surface area contributed by atoms with E-state index in [4.69, 9.17) is 9.47 Å². The van der Waals surface area contributed by atoms with Crippen LogP contribution in [-0.2, 0) is 0 Å². The molecule has 1 N–H and O–H groups in total. The Kier molecular flexibility index (Phi) is 7.07. The smallest absolute Gasteiger partial charge is 0.254 e.